The Hall–Kier alpha value is -2.31. The van der Waals surface area contributed by atoms with Gasteiger partial charge in [-0.05, 0) is 20.3 Å². The molecule has 3 heterocycles. The van der Waals surface area contributed by atoms with Crippen molar-refractivity contribution in [2.24, 2.45) is 5.92 Å². The number of carbonyl (C=O) groups is 1. The smallest absolute Gasteiger partial charge is 0.472 e. The number of anilines is 1. The maximum Gasteiger partial charge on any atom is 0.472 e. The highest BCUT2D eigenvalue weighted by molar-refractivity contribution is 7.47. The van der Waals surface area contributed by atoms with Gasteiger partial charge in [0.25, 0.3) is 0 Å². The highest BCUT2D eigenvalue weighted by Gasteiger charge is 2.37. The van der Waals surface area contributed by atoms with Crippen LogP contribution in [0.4, 0.5) is 5.95 Å². The number of rotatable bonds is 9. The minimum atomic E-state index is -4.45. The van der Waals surface area contributed by atoms with Crippen molar-refractivity contribution < 1.29 is 37.5 Å². The molecule has 14 heteroatoms. The van der Waals surface area contributed by atoms with Crippen LogP contribution in [0.15, 0.2) is 6.33 Å². The third-order valence-corrected chi connectivity index (χ3v) is 5.39. The first kappa shape index (κ1) is 23.4. The molecule has 0 saturated carbocycles. The largest absolute Gasteiger partial charge is 0.479 e. The fourth-order valence-corrected chi connectivity index (χ4v) is 3.94. The lowest BCUT2D eigenvalue weighted by atomic mass is 10.1. The number of nitrogen functional groups attached to an aromatic ring is 1. The van der Waals surface area contributed by atoms with Crippen molar-refractivity contribution in [3.05, 3.63) is 6.33 Å². The van der Waals surface area contributed by atoms with E-state index in [0.29, 0.717) is 17.6 Å². The number of carbonyl (C=O) groups excluding carboxylic acids is 1. The summed E-state index contributed by atoms with van der Waals surface area (Å²) >= 11 is 0. The van der Waals surface area contributed by atoms with Crippen LogP contribution in [-0.4, -0.2) is 62.9 Å². The van der Waals surface area contributed by atoms with Crippen LogP contribution in [0.5, 0.6) is 5.88 Å². The molecule has 1 fully saturated rings. The van der Waals surface area contributed by atoms with Gasteiger partial charge in [0.15, 0.2) is 17.8 Å². The summed E-state index contributed by atoms with van der Waals surface area (Å²) in [6, 6.07) is 0. The lowest BCUT2D eigenvalue weighted by molar-refractivity contribution is -0.150. The first-order chi connectivity index (χ1) is 14.6. The van der Waals surface area contributed by atoms with Crippen LogP contribution in [-0.2, 0) is 27.9 Å². The van der Waals surface area contributed by atoms with Crippen LogP contribution in [0.3, 0.4) is 0 Å². The van der Waals surface area contributed by atoms with Crippen LogP contribution in [0.2, 0.25) is 0 Å². The van der Waals surface area contributed by atoms with E-state index in [1.165, 1.54) is 7.11 Å². The summed E-state index contributed by atoms with van der Waals surface area (Å²) in [5, 5.41) is 0. The minimum Gasteiger partial charge on any atom is -0.479 e. The maximum absolute atomic E-state index is 12.0. The predicted molar refractivity (Wildman–Crippen MR) is 107 cm³/mol. The number of ether oxygens (including phenoxy) is 3. The minimum absolute atomic E-state index is 0.00759. The van der Waals surface area contributed by atoms with E-state index in [-0.39, 0.29) is 30.5 Å². The molecule has 13 nitrogen and oxygen atoms in total. The average Bonchev–Trinajstić information content (AvgIpc) is 3.26. The number of hydrogen-bond donors (Lipinski definition) is 2. The van der Waals surface area contributed by atoms with Gasteiger partial charge in [-0.3, -0.25) is 13.6 Å². The second kappa shape index (κ2) is 9.45. The standard InChI is InChI=1S/C17H26N5O8P/c1-9(2)29-12(23)7-28-31(24,25)27-6-11-5-10(3)16(30-11)22-8-19-13-14(22)20-17(18)21-15(13)26-4/h8-11,16H,5-7H2,1-4H3,(H,24,25)(H2,18,20,21). The van der Waals surface area contributed by atoms with Gasteiger partial charge >= 0.3 is 13.8 Å². The predicted octanol–water partition coefficient (Wildman–Crippen LogP) is 1.43. The molecular weight excluding hydrogens is 433 g/mol. The average molecular weight is 459 g/mol. The van der Waals surface area contributed by atoms with Crippen molar-refractivity contribution in [2.45, 2.75) is 45.6 Å². The summed E-state index contributed by atoms with van der Waals surface area (Å²) in [6.45, 7) is 4.36. The van der Waals surface area contributed by atoms with Crippen LogP contribution in [0, 0.1) is 5.92 Å². The van der Waals surface area contributed by atoms with E-state index in [1.54, 1.807) is 24.7 Å². The van der Waals surface area contributed by atoms with Crippen LogP contribution < -0.4 is 10.5 Å². The Balaban J connectivity index is 1.61. The molecule has 3 rings (SSSR count). The van der Waals surface area contributed by atoms with Gasteiger partial charge in [0.1, 0.15) is 6.23 Å². The molecule has 1 aliphatic heterocycles. The maximum atomic E-state index is 12.0. The zero-order valence-electron chi connectivity index (χ0n) is 17.6. The van der Waals surface area contributed by atoms with E-state index in [9.17, 15) is 14.3 Å². The van der Waals surface area contributed by atoms with Gasteiger partial charge in [0, 0.05) is 5.92 Å². The van der Waals surface area contributed by atoms with Crippen molar-refractivity contribution in [3.63, 3.8) is 0 Å². The third-order valence-electron chi connectivity index (χ3n) is 4.46. The number of esters is 1. The third kappa shape index (κ3) is 5.69. The van der Waals surface area contributed by atoms with Gasteiger partial charge in [0.05, 0.1) is 32.3 Å². The van der Waals surface area contributed by atoms with Crippen molar-refractivity contribution in [3.8, 4) is 5.88 Å². The molecule has 4 unspecified atom stereocenters. The van der Waals surface area contributed by atoms with Gasteiger partial charge in [-0.15, -0.1) is 0 Å². The number of phosphoric ester groups is 1. The first-order valence-electron chi connectivity index (χ1n) is 9.60. The van der Waals surface area contributed by atoms with Crippen LogP contribution >= 0.6 is 7.82 Å². The summed E-state index contributed by atoms with van der Waals surface area (Å²) in [4.78, 5) is 33.7. The molecule has 0 aromatic carbocycles. The summed E-state index contributed by atoms with van der Waals surface area (Å²) in [5.74, 6) is -0.470. The molecular formula is C17H26N5O8P. The second-order valence-electron chi connectivity index (χ2n) is 7.35. The zero-order chi connectivity index (χ0) is 22.8. The zero-order valence-corrected chi connectivity index (χ0v) is 18.5. The van der Waals surface area contributed by atoms with Crippen LogP contribution in [0.25, 0.3) is 11.2 Å². The van der Waals surface area contributed by atoms with E-state index in [1.807, 2.05) is 6.92 Å². The molecule has 0 radical (unpaired) electrons. The van der Waals surface area contributed by atoms with Gasteiger partial charge < -0.3 is 24.8 Å². The molecule has 4 atom stereocenters. The highest BCUT2D eigenvalue weighted by atomic mass is 31.2. The van der Waals surface area contributed by atoms with E-state index in [4.69, 9.17) is 24.5 Å². The SMILES string of the molecule is COc1nc(N)nc2c1ncn2C1OC(COP(=O)(O)OCC(=O)OC(C)C)CC1C. The number of phosphoric acid groups is 1. The van der Waals surface area contributed by atoms with Crippen molar-refractivity contribution in [2.75, 3.05) is 26.1 Å². The number of nitrogens with zero attached hydrogens (tertiary/aromatic N) is 4. The lowest BCUT2D eigenvalue weighted by Crippen LogP contribution is -2.19. The van der Waals surface area contributed by atoms with Crippen molar-refractivity contribution in [1.29, 1.82) is 0 Å². The second-order valence-corrected chi connectivity index (χ2v) is 8.81. The molecule has 172 valence electrons. The van der Waals surface area contributed by atoms with E-state index < -0.39 is 32.7 Å². The monoisotopic (exact) mass is 459 g/mol. The van der Waals surface area contributed by atoms with Crippen LogP contribution in [0.1, 0.15) is 33.4 Å². The summed E-state index contributed by atoms with van der Waals surface area (Å²) < 4.78 is 39.4. The molecule has 0 amide bonds. The molecule has 0 spiro atoms. The number of nitrogens with two attached hydrogens (primary N) is 1. The fourth-order valence-electron chi connectivity index (χ4n) is 3.25. The Labute approximate surface area is 178 Å². The lowest BCUT2D eigenvalue weighted by Gasteiger charge is -2.18. The number of hydrogen-bond acceptors (Lipinski definition) is 11. The highest BCUT2D eigenvalue weighted by Crippen LogP contribution is 2.45. The quantitative estimate of drug-likeness (QED) is 0.409. The molecule has 2 aromatic heterocycles. The first-order valence-corrected chi connectivity index (χ1v) is 11.1. The number of fused-ring (bicyclic) bond motifs is 1. The molecule has 0 bridgehead atoms. The Bertz CT molecular complexity index is 983. The fraction of sp³-hybridized carbons (Fsp3) is 0.647. The summed E-state index contributed by atoms with van der Waals surface area (Å²) in [5.41, 5.74) is 6.64. The summed E-state index contributed by atoms with van der Waals surface area (Å²) in [6.07, 6.45) is 0.770. The Kier molecular flexibility index (Phi) is 7.12. The van der Waals surface area contributed by atoms with Crippen molar-refractivity contribution >= 4 is 30.9 Å². The molecule has 31 heavy (non-hydrogen) atoms. The van der Waals surface area contributed by atoms with E-state index in [0.717, 1.165) is 0 Å². The Morgan fingerprint density at radius 1 is 1.42 bits per heavy atom. The summed E-state index contributed by atoms with van der Waals surface area (Å²) in [7, 11) is -2.99. The van der Waals surface area contributed by atoms with E-state index in [2.05, 4.69) is 19.5 Å². The normalized spacial score (nSPS) is 23.2. The number of imidazole rings is 1. The molecule has 1 saturated heterocycles. The molecule has 2 aromatic rings. The Morgan fingerprint density at radius 3 is 2.84 bits per heavy atom. The van der Waals surface area contributed by atoms with Gasteiger partial charge in [0.2, 0.25) is 11.8 Å². The van der Waals surface area contributed by atoms with Gasteiger partial charge in [-0.1, -0.05) is 6.92 Å². The van der Waals surface area contributed by atoms with Gasteiger partial charge in [-0.25, -0.2) is 14.3 Å². The number of methoxy groups -OCH3 is 1. The van der Waals surface area contributed by atoms with Gasteiger partial charge in [-0.2, -0.15) is 9.97 Å². The van der Waals surface area contributed by atoms with Crippen molar-refractivity contribution in [1.82, 2.24) is 19.5 Å². The number of aromatic nitrogens is 4. The molecule has 1 aliphatic rings. The Morgan fingerprint density at radius 2 is 2.16 bits per heavy atom. The van der Waals surface area contributed by atoms with E-state index >= 15 is 0 Å². The molecule has 0 aliphatic carbocycles. The molecule has 3 N–H and O–H groups in total. The topological polar surface area (TPSA) is 170 Å².